The molecule has 0 fully saturated rings. The van der Waals surface area contributed by atoms with Gasteiger partial charge in [0, 0.05) is 11.8 Å². The number of aliphatic hydroxyl groups is 1. The Morgan fingerprint density at radius 1 is 1.44 bits per heavy atom. The highest BCUT2D eigenvalue weighted by Gasteiger charge is 2.06. The maximum Gasteiger partial charge on any atom is 0.240 e. The Morgan fingerprint density at radius 2 is 2.28 bits per heavy atom. The summed E-state index contributed by atoms with van der Waals surface area (Å²) in [7, 11) is 0. The van der Waals surface area contributed by atoms with Gasteiger partial charge in [0.15, 0.2) is 0 Å². The topological polar surface area (TPSA) is 93.3 Å². The molecular weight excluding hydrogens is 232 g/mol. The van der Waals surface area contributed by atoms with E-state index in [0.717, 1.165) is 11.1 Å². The molecule has 0 aliphatic carbocycles. The molecule has 0 atom stereocenters. The first kappa shape index (κ1) is 12.3. The first-order valence-electron chi connectivity index (χ1n) is 5.41. The molecule has 94 valence electrons. The lowest BCUT2D eigenvalue weighted by Gasteiger charge is -2.09. The molecule has 0 aliphatic heterocycles. The zero-order valence-electron chi connectivity index (χ0n) is 9.92. The molecule has 6 nitrogen and oxygen atoms in total. The Labute approximate surface area is 104 Å². The van der Waals surface area contributed by atoms with Crippen LogP contribution >= 0.6 is 0 Å². The number of nitrogens with one attached hydrogen (secondary N) is 1. The van der Waals surface area contributed by atoms with Crippen LogP contribution in [0.5, 0.6) is 11.6 Å². The molecule has 0 spiro atoms. The number of aryl methyl sites for hydroxylation is 1. The summed E-state index contributed by atoms with van der Waals surface area (Å²) in [6.07, 6.45) is 1.62. The number of hydrogen-bond donors (Lipinski definition) is 3. The Morgan fingerprint density at radius 3 is 3.00 bits per heavy atom. The molecule has 0 radical (unpaired) electrons. The van der Waals surface area contributed by atoms with E-state index in [2.05, 4.69) is 15.4 Å². The Balaban J connectivity index is 2.27. The second-order valence-corrected chi connectivity index (χ2v) is 3.73. The second kappa shape index (κ2) is 5.44. The molecule has 1 aromatic carbocycles. The van der Waals surface area contributed by atoms with E-state index >= 15 is 0 Å². The zero-order chi connectivity index (χ0) is 13.0. The molecule has 2 rings (SSSR count). The first-order valence-corrected chi connectivity index (χ1v) is 5.41. The fourth-order valence-corrected chi connectivity index (χ4v) is 1.42. The largest absolute Gasteiger partial charge is 0.439 e. The van der Waals surface area contributed by atoms with E-state index < -0.39 is 0 Å². The number of aliphatic hydroxyl groups excluding tert-OH is 1. The number of nitrogen functional groups attached to an aromatic ring is 1. The van der Waals surface area contributed by atoms with Gasteiger partial charge in [0.05, 0.1) is 6.61 Å². The van der Waals surface area contributed by atoms with Crippen molar-refractivity contribution < 1.29 is 9.84 Å². The number of nitrogens with zero attached hydrogens (tertiary/aromatic N) is 2. The molecule has 0 aliphatic rings. The van der Waals surface area contributed by atoms with Crippen molar-refractivity contribution in [3.63, 3.8) is 0 Å². The molecule has 1 heterocycles. The van der Waals surface area contributed by atoms with E-state index in [1.807, 2.05) is 13.0 Å². The highest BCUT2D eigenvalue weighted by atomic mass is 16.5. The molecule has 1 aromatic heterocycles. The Hall–Kier alpha value is -2.18. The van der Waals surface area contributed by atoms with Gasteiger partial charge >= 0.3 is 0 Å². The minimum absolute atomic E-state index is 0.0322. The van der Waals surface area contributed by atoms with Crippen LogP contribution in [0.15, 0.2) is 30.5 Å². The summed E-state index contributed by atoms with van der Waals surface area (Å²) in [5, 5.41) is 9.06. The van der Waals surface area contributed by atoms with E-state index in [0.29, 0.717) is 11.6 Å². The van der Waals surface area contributed by atoms with Gasteiger partial charge in [0.25, 0.3) is 0 Å². The molecule has 4 N–H and O–H groups in total. The summed E-state index contributed by atoms with van der Waals surface area (Å²) in [5.74, 6) is 6.56. The van der Waals surface area contributed by atoms with Crippen LogP contribution in [0.25, 0.3) is 0 Å². The van der Waals surface area contributed by atoms with Crippen molar-refractivity contribution in [1.82, 2.24) is 9.97 Å². The predicted molar refractivity (Wildman–Crippen MR) is 67.0 cm³/mol. The lowest BCUT2D eigenvalue weighted by molar-refractivity contribution is 0.281. The van der Waals surface area contributed by atoms with Crippen molar-refractivity contribution in [2.24, 2.45) is 5.84 Å². The number of hydrogen-bond acceptors (Lipinski definition) is 6. The fraction of sp³-hybridized carbons (Fsp3) is 0.167. The van der Waals surface area contributed by atoms with Gasteiger partial charge < -0.3 is 9.84 Å². The van der Waals surface area contributed by atoms with Gasteiger partial charge in [-0.1, -0.05) is 12.1 Å². The third kappa shape index (κ3) is 2.73. The molecule has 0 saturated heterocycles. The minimum atomic E-state index is -0.0322. The fourth-order valence-electron chi connectivity index (χ4n) is 1.42. The quantitative estimate of drug-likeness (QED) is 0.557. The summed E-state index contributed by atoms with van der Waals surface area (Å²) in [6.45, 7) is 1.81. The smallest absolute Gasteiger partial charge is 0.240 e. The maximum atomic E-state index is 9.06. The van der Waals surface area contributed by atoms with Gasteiger partial charge in [-0.05, 0) is 24.6 Å². The minimum Gasteiger partial charge on any atom is -0.439 e. The molecule has 0 amide bonds. The summed E-state index contributed by atoms with van der Waals surface area (Å²) < 4.78 is 5.64. The summed E-state index contributed by atoms with van der Waals surface area (Å²) >= 11 is 0. The normalized spacial score (nSPS) is 10.2. The third-order valence-corrected chi connectivity index (χ3v) is 2.35. The summed E-state index contributed by atoms with van der Waals surface area (Å²) in [5.41, 5.74) is 3.93. The molecule has 6 heteroatoms. The van der Waals surface area contributed by atoms with Gasteiger partial charge in [-0.2, -0.15) is 4.98 Å². The van der Waals surface area contributed by atoms with E-state index in [4.69, 9.17) is 15.7 Å². The van der Waals surface area contributed by atoms with Gasteiger partial charge in [-0.25, -0.2) is 10.8 Å². The Bertz CT molecular complexity index is 545. The average Bonchev–Trinajstić information content (AvgIpc) is 2.41. The van der Waals surface area contributed by atoms with E-state index in [-0.39, 0.29) is 12.6 Å². The molecule has 2 aromatic rings. The number of benzene rings is 1. The van der Waals surface area contributed by atoms with Crippen LogP contribution in [0, 0.1) is 6.92 Å². The molecule has 0 unspecified atom stereocenters. The average molecular weight is 246 g/mol. The number of anilines is 1. The van der Waals surface area contributed by atoms with Gasteiger partial charge in [0.1, 0.15) is 5.75 Å². The van der Waals surface area contributed by atoms with E-state index in [9.17, 15) is 0 Å². The SMILES string of the molecule is Cc1cnc(NN)nc1Oc1cccc(CO)c1. The van der Waals surface area contributed by atoms with Crippen LogP contribution in [0.1, 0.15) is 11.1 Å². The van der Waals surface area contributed by atoms with Crippen LogP contribution in [0.2, 0.25) is 0 Å². The van der Waals surface area contributed by atoms with Crippen LogP contribution in [-0.4, -0.2) is 15.1 Å². The molecular formula is C12H14N4O2. The lowest BCUT2D eigenvalue weighted by Crippen LogP contribution is -2.11. The van der Waals surface area contributed by atoms with Crippen LogP contribution in [0.3, 0.4) is 0 Å². The summed E-state index contributed by atoms with van der Waals surface area (Å²) in [4.78, 5) is 8.08. The van der Waals surface area contributed by atoms with Crippen LogP contribution in [-0.2, 0) is 6.61 Å². The van der Waals surface area contributed by atoms with Gasteiger partial charge in [0.2, 0.25) is 11.8 Å². The van der Waals surface area contributed by atoms with Gasteiger partial charge in [-0.3, -0.25) is 5.43 Å². The maximum absolute atomic E-state index is 9.06. The van der Waals surface area contributed by atoms with Crippen LogP contribution in [0.4, 0.5) is 5.95 Å². The van der Waals surface area contributed by atoms with Crippen LogP contribution < -0.4 is 16.0 Å². The number of ether oxygens (including phenoxy) is 1. The van der Waals surface area contributed by atoms with Crippen molar-refractivity contribution >= 4 is 5.95 Å². The number of nitrogens with two attached hydrogens (primary N) is 1. The monoisotopic (exact) mass is 246 g/mol. The predicted octanol–water partition coefficient (Wildman–Crippen LogP) is 1.36. The molecule has 0 bridgehead atoms. The van der Waals surface area contributed by atoms with E-state index in [1.165, 1.54) is 0 Å². The molecule has 18 heavy (non-hydrogen) atoms. The van der Waals surface area contributed by atoms with Crippen molar-refractivity contribution in [2.45, 2.75) is 13.5 Å². The standard InChI is InChI=1S/C12H14N4O2/c1-8-6-14-12(16-13)15-11(8)18-10-4-2-3-9(5-10)7-17/h2-6,17H,7,13H2,1H3,(H,14,15,16). The second-order valence-electron chi connectivity index (χ2n) is 3.73. The van der Waals surface area contributed by atoms with E-state index in [1.54, 1.807) is 24.4 Å². The third-order valence-electron chi connectivity index (χ3n) is 2.35. The van der Waals surface area contributed by atoms with Crippen molar-refractivity contribution in [1.29, 1.82) is 0 Å². The molecule has 0 saturated carbocycles. The van der Waals surface area contributed by atoms with Crippen molar-refractivity contribution in [2.75, 3.05) is 5.43 Å². The highest BCUT2D eigenvalue weighted by molar-refractivity contribution is 5.36. The van der Waals surface area contributed by atoms with Crippen molar-refractivity contribution in [3.05, 3.63) is 41.6 Å². The first-order chi connectivity index (χ1) is 8.72. The highest BCUT2D eigenvalue weighted by Crippen LogP contribution is 2.23. The lowest BCUT2D eigenvalue weighted by atomic mass is 10.2. The van der Waals surface area contributed by atoms with Gasteiger partial charge in [-0.15, -0.1) is 0 Å². The number of rotatable bonds is 4. The summed E-state index contributed by atoms with van der Waals surface area (Å²) in [6, 6.07) is 7.15. The zero-order valence-corrected chi connectivity index (χ0v) is 9.92. The number of aromatic nitrogens is 2. The Kier molecular flexibility index (Phi) is 3.71. The number of hydrazine groups is 1. The van der Waals surface area contributed by atoms with Crippen molar-refractivity contribution in [3.8, 4) is 11.6 Å².